The van der Waals surface area contributed by atoms with E-state index in [2.05, 4.69) is 43.9 Å². The van der Waals surface area contributed by atoms with Gasteiger partial charge in [-0.25, -0.2) is 0 Å². The summed E-state index contributed by atoms with van der Waals surface area (Å²) in [5.41, 5.74) is 8.52. The van der Waals surface area contributed by atoms with Crippen LogP contribution in [0.15, 0.2) is 22.7 Å². The van der Waals surface area contributed by atoms with E-state index in [1.54, 1.807) is 0 Å². The molecule has 1 atom stereocenters. The van der Waals surface area contributed by atoms with E-state index in [1.807, 2.05) is 0 Å². The van der Waals surface area contributed by atoms with Crippen molar-refractivity contribution in [1.29, 1.82) is 0 Å². The van der Waals surface area contributed by atoms with Crippen molar-refractivity contribution in [2.45, 2.75) is 25.3 Å². The summed E-state index contributed by atoms with van der Waals surface area (Å²) in [6.07, 6.45) is 3.69. The molecule has 1 aromatic rings. The van der Waals surface area contributed by atoms with E-state index in [0.29, 0.717) is 6.54 Å². The molecule has 1 unspecified atom stereocenters. The SMILES string of the molecule is NCCc1cc(Br)ccc1N1CCN2CCCC2C1. The van der Waals surface area contributed by atoms with Gasteiger partial charge < -0.3 is 10.6 Å². The van der Waals surface area contributed by atoms with Crippen LogP contribution in [-0.2, 0) is 6.42 Å². The van der Waals surface area contributed by atoms with Crippen LogP contribution in [0.25, 0.3) is 0 Å². The van der Waals surface area contributed by atoms with Crippen molar-refractivity contribution in [3.8, 4) is 0 Å². The minimum absolute atomic E-state index is 0.715. The number of hydrogen-bond acceptors (Lipinski definition) is 3. The van der Waals surface area contributed by atoms with Crippen LogP contribution in [-0.4, -0.2) is 43.7 Å². The molecule has 19 heavy (non-hydrogen) atoms. The first-order chi connectivity index (χ1) is 9.28. The topological polar surface area (TPSA) is 32.5 Å². The molecule has 2 N–H and O–H groups in total. The van der Waals surface area contributed by atoms with Gasteiger partial charge in [0.25, 0.3) is 0 Å². The third-order valence-corrected chi connectivity index (χ3v) is 4.88. The van der Waals surface area contributed by atoms with Gasteiger partial charge in [-0.05, 0) is 56.1 Å². The first-order valence-corrected chi connectivity index (χ1v) is 8.05. The molecule has 2 saturated heterocycles. The second-order valence-electron chi connectivity index (χ2n) is 5.59. The lowest BCUT2D eigenvalue weighted by Gasteiger charge is -2.39. The van der Waals surface area contributed by atoms with E-state index in [9.17, 15) is 0 Å². The average molecular weight is 324 g/mol. The van der Waals surface area contributed by atoms with Gasteiger partial charge >= 0.3 is 0 Å². The van der Waals surface area contributed by atoms with Gasteiger partial charge in [0.1, 0.15) is 0 Å². The van der Waals surface area contributed by atoms with Gasteiger partial charge in [-0.1, -0.05) is 15.9 Å². The van der Waals surface area contributed by atoms with Gasteiger partial charge in [0.05, 0.1) is 0 Å². The molecule has 0 bridgehead atoms. The number of fused-ring (bicyclic) bond motifs is 1. The molecule has 0 aromatic heterocycles. The lowest BCUT2D eigenvalue weighted by atomic mass is 10.1. The molecule has 0 radical (unpaired) electrons. The summed E-state index contributed by atoms with van der Waals surface area (Å²) < 4.78 is 1.15. The van der Waals surface area contributed by atoms with E-state index in [1.165, 1.54) is 43.7 Å². The number of nitrogens with zero attached hydrogens (tertiary/aromatic N) is 2. The Morgan fingerprint density at radius 3 is 3.00 bits per heavy atom. The maximum Gasteiger partial charge on any atom is 0.0401 e. The van der Waals surface area contributed by atoms with Gasteiger partial charge in [-0.2, -0.15) is 0 Å². The summed E-state index contributed by atoms with van der Waals surface area (Å²) in [5.74, 6) is 0. The summed E-state index contributed by atoms with van der Waals surface area (Å²) >= 11 is 3.57. The van der Waals surface area contributed by atoms with Crippen LogP contribution in [0, 0.1) is 0 Å². The zero-order valence-electron chi connectivity index (χ0n) is 11.3. The maximum atomic E-state index is 5.75. The van der Waals surface area contributed by atoms with Crippen molar-refractivity contribution in [2.24, 2.45) is 5.73 Å². The molecule has 104 valence electrons. The Kier molecular flexibility index (Phi) is 4.10. The fraction of sp³-hybridized carbons (Fsp3) is 0.600. The van der Waals surface area contributed by atoms with Gasteiger partial charge in [-0.15, -0.1) is 0 Å². The molecule has 3 nitrogen and oxygen atoms in total. The van der Waals surface area contributed by atoms with Crippen LogP contribution in [0.1, 0.15) is 18.4 Å². The number of anilines is 1. The Morgan fingerprint density at radius 1 is 1.26 bits per heavy atom. The summed E-state index contributed by atoms with van der Waals surface area (Å²) in [4.78, 5) is 5.21. The summed E-state index contributed by atoms with van der Waals surface area (Å²) in [6, 6.07) is 7.39. The molecule has 0 aliphatic carbocycles. The standard InChI is InChI=1S/C15H22BrN3/c16-13-3-4-15(12(10-13)5-6-17)19-9-8-18-7-1-2-14(18)11-19/h3-4,10,14H,1-2,5-9,11,17H2. The van der Waals surface area contributed by atoms with Crippen LogP contribution < -0.4 is 10.6 Å². The highest BCUT2D eigenvalue weighted by Crippen LogP contribution is 2.29. The molecule has 2 fully saturated rings. The average Bonchev–Trinajstić information content (AvgIpc) is 2.86. The Balaban J connectivity index is 1.81. The first-order valence-electron chi connectivity index (χ1n) is 7.25. The highest BCUT2D eigenvalue weighted by Gasteiger charge is 2.31. The zero-order valence-corrected chi connectivity index (χ0v) is 12.9. The number of piperazine rings is 1. The van der Waals surface area contributed by atoms with E-state index >= 15 is 0 Å². The maximum absolute atomic E-state index is 5.75. The number of benzene rings is 1. The number of rotatable bonds is 3. The van der Waals surface area contributed by atoms with Gasteiger partial charge in [0.2, 0.25) is 0 Å². The summed E-state index contributed by atoms with van der Waals surface area (Å²) in [7, 11) is 0. The summed E-state index contributed by atoms with van der Waals surface area (Å²) in [6.45, 7) is 5.55. The van der Waals surface area contributed by atoms with Crippen LogP contribution in [0.3, 0.4) is 0 Å². The highest BCUT2D eigenvalue weighted by molar-refractivity contribution is 9.10. The molecule has 2 heterocycles. The zero-order chi connectivity index (χ0) is 13.2. The molecular formula is C15H22BrN3. The van der Waals surface area contributed by atoms with Crippen molar-refractivity contribution in [2.75, 3.05) is 37.6 Å². The molecule has 2 aliphatic rings. The monoisotopic (exact) mass is 323 g/mol. The third kappa shape index (κ3) is 2.81. The van der Waals surface area contributed by atoms with E-state index in [4.69, 9.17) is 5.73 Å². The van der Waals surface area contributed by atoms with Crippen LogP contribution in [0.5, 0.6) is 0 Å². The highest BCUT2D eigenvalue weighted by atomic mass is 79.9. The first kappa shape index (κ1) is 13.4. The number of halogens is 1. The van der Waals surface area contributed by atoms with Crippen molar-refractivity contribution in [1.82, 2.24) is 4.90 Å². The lowest BCUT2D eigenvalue weighted by molar-refractivity contribution is 0.231. The fourth-order valence-corrected chi connectivity index (χ4v) is 3.84. The molecule has 0 saturated carbocycles. The molecule has 0 amide bonds. The third-order valence-electron chi connectivity index (χ3n) is 4.38. The molecule has 4 heteroatoms. The number of hydrogen-bond donors (Lipinski definition) is 1. The predicted octanol–water partition coefficient (Wildman–Crippen LogP) is 2.23. The smallest absolute Gasteiger partial charge is 0.0401 e. The van der Waals surface area contributed by atoms with Crippen molar-refractivity contribution < 1.29 is 0 Å². The number of nitrogens with two attached hydrogens (primary N) is 1. The Labute approximate surface area is 123 Å². The molecule has 0 spiro atoms. The quantitative estimate of drug-likeness (QED) is 0.925. The van der Waals surface area contributed by atoms with Crippen LogP contribution in [0.2, 0.25) is 0 Å². The second-order valence-corrected chi connectivity index (χ2v) is 6.51. The lowest BCUT2D eigenvalue weighted by Crippen LogP contribution is -2.50. The van der Waals surface area contributed by atoms with Crippen molar-refractivity contribution >= 4 is 21.6 Å². The van der Waals surface area contributed by atoms with Crippen LogP contribution in [0.4, 0.5) is 5.69 Å². The Hall–Kier alpha value is -0.580. The van der Waals surface area contributed by atoms with E-state index < -0.39 is 0 Å². The van der Waals surface area contributed by atoms with Crippen molar-refractivity contribution in [3.63, 3.8) is 0 Å². The fourth-order valence-electron chi connectivity index (χ4n) is 3.43. The normalized spacial score (nSPS) is 23.7. The molecular weight excluding hydrogens is 302 g/mol. The largest absolute Gasteiger partial charge is 0.368 e. The summed E-state index contributed by atoms with van der Waals surface area (Å²) in [5, 5.41) is 0. The Bertz CT molecular complexity index is 449. The van der Waals surface area contributed by atoms with Gasteiger partial charge in [-0.3, -0.25) is 4.90 Å². The predicted molar refractivity (Wildman–Crippen MR) is 83.7 cm³/mol. The van der Waals surface area contributed by atoms with E-state index in [-0.39, 0.29) is 0 Å². The second kappa shape index (κ2) is 5.81. The molecule has 2 aliphatic heterocycles. The van der Waals surface area contributed by atoms with Crippen LogP contribution >= 0.6 is 15.9 Å². The van der Waals surface area contributed by atoms with Crippen molar-refractivity contribution in [3.05, 3.63) is 28.2 Å². The minimum atomic E-state index is 0.715. The van der Waals surface area contributed by atoms with E-state index in [0.717, 1.165) is 23.5 Å². The Morgan fingerprint density at radius 2 is 2.16 bits per heavy atom. The van der Waals surface area contributed by atoms with Gasteiger partial charge in [0.15, 0.2) is 0 Å². The molecule has 3 rings (SSSR count). The molecule has 1 aromatic carbocycles. The van der Waals surface area contributed by atoms with Gasteiger partial charge in [0, 0.05) is 35.8 Å². The minimum Gasteiger partial charge on any atom is -0.368 e.